The molecule has 2 aromatic rings. The molecule has 1 atom stereocenters. The van der Waals surface area contributed by atoms with Crippen LogP contribution >= 0.6 is 0 Å². The molecule has 2 rings (SSSR count). The van der Waals surface area contributed by atoms with Gasteiger partial charge in [-0.1, -0.05) is 46.8 Å². The summed E-state index contributed by atoms with van der Waals surface area (Å²) in [5.41, 5.74) is 12.0. The third-order valence-corrected chi connectivity index (χ3v) is 4.82. The number of aliphatic hydroxyl groups excluding tert-OH is 1. The topological polar surface area (TPSA) is 73.3 Å². The lowest BCUT2D eigenvalue weighted by molar-refractivity contribution is 0.241. The number of pyridine rings is 1. The first-order valence-electron chi connectivity index (χ1n) is 10.7. The Hall–Kier alpha value is -2.27. The summed E-state index contributed by atoms with van der Waals surface area (Å²) >= 11 is 0. The summed E-state index contributed by atoms with van der Waals surface area (Å²) in [6.45, 7) is 14.6. The van der Waals surface area contributed by atoms with Gasteiger partial charge in [-0.15, -0.1) is 0 Å². The third kappa shape index (κ3) is 5.86. The van der Waals surface area contributed by atoms with Crippen molar-refractivity contribution in [2.45, 2.75) is 67.3 Å². The highest BCUT2D eigenvalue weighted by Gasteiger charge is 2.18. The van der Waals surface area contributed by atoms with E-state index in [1.165, 1.54) is 0 Å². The molecule has 0 saturated heterocycles. The average molecular weight is 402 g/mol. The molecule has 0 bridgehead atoms. The molecule has 0 aliphatic carbocycles. The largest absolute Gasteiger partial charge is 0.482 e. The maximum absolute atomic E-state index is 9.58. The number of allylic oxidation sites excluding steroid dienone is 3. The zero-order valence-electron chi connectivity index (χ0n) is 19.4. The van der Waals surface area contributed by atoms with E-state index < -0.39 is 0 Å². The Morgan fingerprint density at radius 3 is 2.48 bits per heavy atom. The molecule has 0 spiro atoms. The van der Waals surface area contributed by atoms with Crippen LogP contribution in [0.1, 0.15) is 70.8 Å². The molecule has 0 aromatic carbocycles. The molecule has 2 aromatic heterocycles. The van der Waals surface area contributed by atoms with E-state index in [0.29, 0.717) is 11.8 Å². The lowest BCUT2D eigenvalue weighted by Crippen LogP contribution is -2.09. The lowest BCUT2D eigenvalue weighted by Gasteiger charge is -2.15. The van der Waals surface area contributed by atoms with Crippen LogP contribution in [0, 0.1) is 12.8 Å². The minimum atomic E-state index is 0.00329. The van der Waals surface area contributed by atoms with Gasteiger partial charge in [-0.2, -0.15) is 0 Å². The number of nitrogens with zero attached hydrogens (tertiary/aromatic N) is 2. The quantitative estimate of drug-likeness (QED) is 0.461. The predicted molar refractivity (Wildman–Crippen MR) is 124 cm³/mol. The van der Waals surface area contributed by atoms with Gasteiger partial charge in [0.1, 0.15) is 0 Å². The smallest absolute Gasteiger partial charge is 0.193 e. The van der Waals surface area contributed by atoms with Gasteiger partial charge in [0.25, 0.3) is 0 Å². The number of aliphatic hydroxyl groups is 1. The number of fused-ring (bicyclic) bond motifs is 1. The van der Waals surface area contributed by atoms with Crippen molar-refractivity contribution in [2.24, 2.45) is 11.7 Å². The molecule has 2 heterocycles. The standard InChI is InChI=1S/C22H33N3O2.C2H6/c1-7-17-11-19-20(15(4)12-25(19)16(5)13-26)24-21(17)18(22(23)27-6)10-8-9-14(2)3;1-2/h8,10-12,14,16,26H,7,9,13,23H2,1-6H3;1-2H3/b10-8-,22-18-;. The second kappa shape index (κ2) is 11.7. The number of methoxy groups -OCH3 is 1. The molecule has 0 amide bonds. The van der Waals surface area contributed by atoms with Gasteiger partial charge in [-0.25, -0.2) is 4.98 Å². The minimum absolute atomic E-state index is 0.00329. The van der Waals surface area contributed by atoms with Crippen LogP contribution in [-0.4, -0.2) is 28.4 Å². The number of hydrogen-bond donors (Lipinski definition) is 2. The van der Waals surface area contributed by atoms with Crippen molar-refractivity contribution in [1.29, 1.82) is 0 Å². The summed E-state index contributed by atoms with van der Waals surface area (Å²) in [6, 6.07) is 2.17. The van der Waals surface area contributed by atoms with Crippen molar-refractivity contribution in [3.05, 3.63) is 47.1 Å². The van der Waals surface area contributed by atoms with Crippen molar-refractivity contribution in [3.8, 4) is 0 Å². The summed E-state index contributed by atoms with van der Waals surface area (Å²) in [6.07, 6.45) is 8.00. The van der Waals surface area contributed by atoms with Gasteiger partial charge in [-0.3, -0.25) is 0 Å². The highest BCUT2D eigenvalue weighted by molar-refractivity contribution is 5.85. The van der Waals surface area contributed by atoms with Gasteiger partial charge >= 0.3 is 0 Å². The molecule has 3 N–H and O–H groups in total. The van der Waals surface area contributed by atoms with E-state index in [2.05, 4.69) is 43.7 Å². The predicted octanol–water partition coefficient (Wildman–Crippen LogP) is 5.36. The van der Waals surface area contributed by atoms with E-state index in [-0.39, 0.29) is 12.6 Å². The van der Waals surface area contributed by atoms with Gasteiger partial charge < -0.3 is 20.1 Å². The van der Waals surface area contributed by atoms with E-state index >= 15 is 0 Å². The first kappa shape index (κ1) is 24.8. The van der Waals surface area contributed by atoms with E-state index in [4.69, 9.17) is 15.5 Å². The van der Waals surface area contributed by atoms with Crippen LogP contribution in [0.15, 0.2) is 30.3 Å². The molecule has 0 fully saturated rings. The number of ether oxygens (including phenoxy) is 1. The first-order valence-corrected chi connectivity index (χ1v) is 10.7. The molecular formula is C24H39N3O2. The monoisotopic (exact) mass is 401 g/mol. The lowest BCUT2D eigenvalue weighted by atomic mass is 10.0. The van der Waals surface area contributed by atoms with Crippen molar-refractivity contribution in [3.63, 3.8) is 0 Å². The molecule has 0 aliphatic rings. The van der Waals surface area contributed by atoms with Crippen LogP contribution in [0.25, 0.3) is 16.6 Å². The molecule has 162 valence electrons. The average Bonchev–Trinajstić information content (AvgIpc) is 3.06. The summed E-state index contributed by atoms with van der Waals surface area (Å²) in [4.78, 5) is 4.98. The van der Waals surface area contributed by atoms with Gasteiger partial charge in [0, 0.05) is 6.20 Å². The molecule has 0 radical (unpaired) electrons. The number of aromatic nitrogens is 2. The second-order valence-electron chi connectivity index (χ2n) is 7.48. The molecule has 1 unspecified atom stereocenters. The number of hydrogen-bond acceptors (Lipinski definition) is 4. The molecule has 0 saturated carbocycles. The Kier molecular flexibility index (Phi) is 9.96. The van der Waals surface area contributed by atoms with E-state index in [1.807, 2.05) is 33.8 Å². The third-order valence-electron chi connectivity index (χ3n) is 4.82. The highest BCUT2D eigenvalue weighted by Crippen LogP contribution is 2.29. The number of aryl methyl sites for hydroxylation is 2. The Balaban J connectivity index is 0.00000204. The maximum Gasteiger partial charge on any atom is 0.193 e. The van der Waals surface area contributed by atoms with Crippen molar-refractivity contribution < 1.29 is 9.84 Å². The highest BCUT2D eigenvalue weighted by atomic mass is 16.5. The number of nitrogens with two attached hydrogens (primary N) is 1. The van der Waals surface area contributed by atoms with Crippen molar-refractivity contribution in [1.82, 2.24) is 9.55 Å². The van der Waals surface area contributed by atoms with Gasteiger partial charge in [0.05, 0.1) is 42.1 Å². The summed E-state index contributed by atoms with van der Waals surface area (Å²) in [7, 11) is 1.58. The summed E-state index contributed by atoms with van der Waals surface area (Å²) in [5, 5.41) is 9.58. The van der Waals surface area contributed by atoms with Gasteiger partial charge in [-0.05, 0) is 49.8 Å². The SMILES string of the molecule is CC.CCc1cc2c(nc1C(/C=C\CC(C)C)=C(/N)OC)c(C)cn2C(C)CO. The van der Waals surface area contributed by atoms with Crippen LogP contribution in [0.3, 0.4) is 0 Å². The summed E-state index contributed by atoms with van der Waals surface area (Å²) < 4.78 is 7.45. The van der Waals surface area contributed by atoms with Crippen LogP contribution in [-0.2, 0) is 11.2 Å². The molecule has 5 nitrogen and oxygen atoms in total. The Morgan fingerprint density at radius 1 is 1.31 bits per heavy atom. The Labute approximate surface area is 176 Å². The van der Waals surface area contributed by atoms with Crippen LogP contribution in [0.4, 0.5) is 0 Å². The Bertz CT molecular complexity index is 847. The summed E-state index contributed by atoms with van der Waals surface area (Å²) in [5.74, 6) is 0.945. The zero-order chi connectivity index (χ0) is 22.1. The van der Waals surface area contributed by atoms with Crippen LogP contribution in [0.2, 0.25) is 0 Å². The maximum atomic E-state index is 9.58. The minimum Gasteiger partial charge on any atom is -0.482 e. The van der Waals surface area contributed by atoms with Crippen molar-refractivity contribution >= 4 is 16.6 Å². The first-order chi connectivity index (χ1) is 13.8. The van der Waals surface area contributed by atoms with E-state index in [9.17, 15) is 5.11 Å². The van der Waals surface area contributed by atoms with E-state index in [0.717, 1.165) is 46.3 Å². The van der Waals surface area contributed by atoms with Gasteiger partial charge in [0.2, 0.25) is 0 Å². The van der Waals surface area contributed by atoms with Gasteiger partial charge in [0.15, 0.2) is 5.88 Å². The van der Waals surface area contributed by atoms with Crippen LogP contribution < -0.4 is 5.73 Å². The zero-order valence-corrected chi connectivity index (χ0v) is 19.4. The fourth-order valence-corrected chi connectivity index (χ4v) is 3.17. The van der Waals surface area contributed by atoms with Crippen LogP contribution in [0.5, 0.6) is 0 Å². The normalized spacial score (nSPS) is 13.4. The molecule has 5 heteroatoms. The molecule has 29 heavy (non-hydrogen) atoms. The molecule has 0 aliphatic heterocycles. The second-order valence-corrected chi connectivity index (χ2v) is 7.48. The van der Waals surface area contributed by atoms with Crippen molar-refractivity contribution in [2.75, 3.05) is 13.7 Å². The fraction of sp³-hybridized carbons (Fsp3) is 0.542. The fourth-order valence-electron chi connectivity index (χ4n) is 3.17. The number of rotatable bonds is 8. The van der Waals surface area contributed by atoms with E-state index in [1.54, 1.807) is 7.11 Å². The Morgan fingerprint density at radius 2 is 1.97 bits per heavy atom. The molecular weight excluding hydrogens is 362 g/mol.